The van der Waals surface area contributed by atoms with E-state index in [4.69, 9.17) is 4.42 Å². The first-order chi connectivity index (χ1) is 4.33. The number of hydrogen-bond acceptors (Lipinski definition) is 3. The van der Waals surface area contributed by atoms with Crippen LogP contribution in [-0.4, -0.2) is 12.0 Å². The highest BCUT2D eigenvalue weighted by atomic mass is 79.9. The van der Waals surface area contributed by atoms with Crippen LogP contribution in [0.4, 0.5) is 0 Å². The van der Waals surface area contributed by atoms with Crippen LogP contribution in [0.25, 0.3) is 0 Å². The maximum atomic E-state index is 5.07. The van der Waals surface area contributed by atoms with Crippen molar-refractivity contribution in [2.45, 2.75) is 6.54 Å². The lowest BCUT2D eigenvalue weighted by atomic mass is 10.5. The van der Waals surface area contributed by atoms with Crippen molar-refractivity contribution in [1.82, 2.24) is 10.3 Å². The number of halogens is 1. The van der Waals surface area contributed by atoms with Gasteiger partial charge in [-0.3, -0.25) is 0 Å². The van der Waals surface area contributed by atoms with Crippen molar-refractivity contribution in [1.29, 1.82) is 0 Å². The van der Waals surface area contributed by atoms with E-state index in [1.54, 1.807) is 6.20 Å². The van der Waals surface area contributed by atoms with Gasteiger partial charge in [-0.1, -0.05) is 0 Å². The highest BCUT2D eigenvalue weighted by Gasteiger charge is 1.96. The molecule has 9 heavy (non-hydrogen) atoms. The van der Waals surface area contributed by atoms with Crippen LogP contribution >= 0.6 is 15.9 Å². The maximum absolute atomic E-state index is 5.07. The highest BCUT2D eigenvalue weighted by Crippen LogP contribution is 2.08. The summed E-state index contributed by atoms with van der Waals surface area (Å²) in [7, 11) is 1.86. The average molecular weight is 191 g/mol. The van der Waals surface area contributed by atoms with E-state index in [0.29, 0.717) is 4.80 Å². The number of oxazole rings is 1. The fraction of sp³-hybridized carbons (Fsp3) is 0.400. The lowest BCUT2D eigenvalue weighted by Gasteiger charge is -1.88. The van der Waals surface area contributed by atoms with E-state index in [-0.39, 0.29) is 0 Å². The van der Waals surface area contributed by atoms with Gasteiger partial charge in [0, 0.05) is 15.9 Å². The van der Waals surface area contributed by atoms with E-state index in [1.165, 1.54) is 0 Å². The van der Waals surface area contributed by atoms with Gasteiger partial charge in [0.2, 0.25) is 0 Å². The fourth-order valence-electron chi connectivity index (χ4n) is 0.540. The SMILES string of the molecule is CNCc1cnc(Br)o1. The minimum absolute atomic E-state index is 0.535. The van der Waals surface area contributed by atoms with E-state index < -0.39 is 0 Å². The van der Waals surface area contributed by atoms with Crippen molar-refractivity contribution >= 4 is 15.9 Å². The third kappa shape index (κ3) is 1.80. The first kappa shape index (κ1) is 6.77. The molecule has 0 aliphatic carbocycles. The van der Waals surface area contributed by atoms with Gasteiger partial charge in [-0.05, 0) is 7.05 Å². The second-order valence-corrected chi connectivity index (χ2v) is 2.29. The molecular formula is C5H7BrN2O. The van der Waals surface area contributed by atoms with Crippen LogP contribution < -0.4 is 5.32 Å². The Balaban J connectivity index is 2.61. The van der Waals surface area contributed by atoms with Crippen LogP contribution in [0.1, 0.15) is 5.76 Å². The maximum Gasteiger partial charge on any atom is 0.264 e. The Hall–Kier alpha value is -0.350. The number of hydrogen-bond donors (Lipinski definition) is 1. The summed E-state index contributed by atoms with van der Waals surface area (Å²) in [6, 6.07) is 0. The summed E-state index contributed by atoms with van der Waals surface area (Å²) < 4.78 is 5.07. The second-order valence-electron chi connectivity index (χ2n) is 1.61. The van der Waals surface area contributed by atoms with Crippen LogP contribution in [0.15, 0.2) is 15.4 Å². The van der Waals surface area contributed by atoms with Crippen LogP contribution in [-0.2, 0) is 6.54 Å². The molecule has 3 nitrogen and oxygen atoms in total. The van der Waals surface area contributed by atoms with Crippen molar-refractivity contribution in [3.05, 3.63) is 16.8 Å². The van der Waals surface area contributed by atoms with Crippen molar-refractivity contribution < 1.29 is 4.42 Å². The van der Waals surface area contributed by atoms with E-state index in [2.05, 4.69) is 26.2 Å². The monoisotopic (exact) mass is 190 g/mol. The van der Waals surface area contributed by atoms with Gasteiger partial charge in [0.05, 0.1) is 12.7 Å². The van der Waals surface area contributed by atoms with Gasteiger partial charge in [-0.25, -0.2) is 4.98 Å². The summed E-state index contributed by atoms with van der Waals surface area (Å²) in [6.45, 7) is 0.721. The molecule has 1 heterocycles. The van der Waals surface area contributed by atoms with Gasteiger partial charge < -0.3 is 9.73 Å². The number of nitrogens with zero attached hydrogens (tertiary/aromatic N) is 1. The molecule has 0 aromatic carbocycles. The van der Waals surface area contributed by atoms with Gasteiger partial charge in [0.15, 0.2) is 0 Å². The molecule has 1 N–H and O–H groups in total. The first-order valence-electron chi connectivity index (χ1n) is 2.57. The molecule has 0 unspecified atom stereocenters. The molecule has 0 atom stereocenters. The molecule has 0 spiro atoms. The quantitative estimate of drug-likeness (QED) is 0.761. The average Bonchev–Trinajstić information content (AvgIpc) is 2.17. The van der Waals surface area contributed by atoms with Crippen molar-refractivity contribution in [2.24, 2.45) is 0 Å². The van der Waals surface area contributed by atoms with Crippen LogP contribution in [0.5, 0.6) is 0 Å². The number of aromatic nitrogens is 1. The first-order valence-corrected chi connectivity index (χ1v) is 3.37. The van der Waals surface area contributed by atoms with E-state index in [9.17, 15) is 0 Å². The standard InChI is InChI=1S/C5H7BrN2O/c1-7-2-4-3-8-5(6)9-4/h3,7H,2H2,1H3. The molecule has 1 aromatic heterocycles. The minimum atomic E-state index is 0.535. The lowest BCUT2D eigenvalue weighted by molar-refractivity contribution is 0.468. The Morgan fingerprint density at radius 1 is 1.89 bits per heavy atom. The Bertz CT molecular complexity index is 187. The molecule has 0 bridgehead atoms. The summed E-state index contributed by atoms with van der Waals surface area (Å²) in [4.78, 5) is 4.38. The van der Waals surface area contributed by atoms with Crippen LogP contribution in [0, 0.1) is 0 Å². The predicted octanol–water partition coefficient (Wildman–Crippen LogP) is 1.16. The zero-order valence-corrected chi connectivity index (χ0v) is 6.60. The Labute approximate surface area is 61.6 Å². The highest BCUT2D eigenvalue weighted by molar-refractivity contribution is 9.10. The van der Waals surface area contributed by atoms with Gasteiger partial charge in [-0.2, -0.15) is 0 Å². The van der Waals surface area contributed by atoms with Crippen molar-refractivity contribution in [2.75, 3.05) is 7.05 Å². The third-order valence-electron chi connectivity index (χ3n) is 0.876. The van der Waals surface area contributed by atoms with Gasteiger partial charge in [-0.15, -0.1) is 0 Å². The summed E-state index contributed by atoms with van der Waals surface area (Å²) in [5.41, 5.74) is 0. The molecule has 50 valence electrons. The number of nitrogens with one attached hydrogen (secondary N) is 1. The largest absolute Gasteiger partial charge is 0.435 e. The molecule has 0 saturated heterocycles. The van der Waals surface area contributed by atoms with E-state index in [0.717, 1.165) is 12.3 Å². The Morgan fingerprint density at radius 3 is 3.11 bits per heavy atom. The molecular weight excluding hydrogens is 184 g/mol. The molecule has 0 aliphatic heterocycles. The zero-order valence-electron chi connectivity index (χ0n) is 5.02. The molecule has 1 rings (SSSR count). The van der Waals surface area contributed by atoms with E-state index in [1.807, 2.05) is 7.05 Å². The molecule has 0 fully saturated rings. The van der Waals surface area contributed by atoms with E-state index >= 15 is 0 Å². The normalized spacial score (nSPS) is 10.0. The summed E-state index contributed by atoms with van der Waals surface area (Å²) in [5, 5.41) is 2.94. The van der Waals surface area contributed by atoms with Crippen LogP contribution in [0.3, 0.4) is 0 Å². The van der Waals surface area contributed by atoms with Crippen LogP contribution in [0.2, 0.25) is 0 Å². The fourth-order valence-corrected chi connectivity index (χ4v) is 0.850. The molecule has 1 aromatic rings. The summed E-state index contributed by atoms with van der Waals surface area (Å²) >= 11 is 3.10. The molecule has 4 heteroatoms. The lowest BCUT2D eigenvalue weighted by Crippen LogP contribution is -2.03. The molecule has 0 amide bonds. The third-order valence-corrected chi connectivity index (χ3v) is 1.24. The minimum Gasteiger partial charge on any atom is -0.435 e. The van der Waals surface area contributed by atoms with Gasteiger partial charge >= 0.3 is 0 Å². The number of rotatable bonds is 2. The molecule has 0 saturated carbocycles. The van der Waals surface area contributed by atoms with Crippen molar-refractivity contribution in [3.8, 4) is 0 Å². The molecule has 0 radical (unpaired) electrons. The second kappa shape index (κ2) is 2.98. The topological polar surface area (TPSA) is 38.1 Å². The zero-order chi connectivity index (χ0) is 6.69. The Morgan fingerprint density at radius 2 is 2.67 bits per heavy atom. The summed E-state index contributed by atoms with van der Waals surface area (Å²) in [5.74, 6) is 0.837. The van der Waals surface area contributed by atoms with Gasteiger partial charge in [0.25, 0.3) is 4.80 Å². The summed E-state index contributed by atoms with van der Waals surface area (Å²) in [6.07, 6.45) is 1.68. The predicted molar refractivity (Wildman–Crippen MR) is 37.0 cm³/mol. The van der Waals surface area contributed by atoms with Gasteiger partial charge in [0.1, 0.15) is 5.76 Å². The molecule has 0 aliphatic rings. The van der Waals surface area contributed by atoms with Crippen molar-refractivity contribution in [3.63, 3.8) is 0 Å². The Kier molecular flexibility index (Phi) is 2.24. The smallest absolute Gasteiger partial charge is 0.264 e.